The second-order valence-electron chi connectivity index (χ2n) is 5.59. The molecular weight excluding hydrogens is 304 g/mol. The minimum absolute atomic E-state index is 0.458. The Morgan fingerprint density at radius 1 is 1.32 bits per heavy atom. The van der Waals surface area contributed by atoms with Crippen molar-refractivity contribution in [3.05, 3.63) is 28.2 Å². The molecule has 2 N–H and O–H groups in total. The summed E-state index contributed by atoms with van der Waals surface area (Å²) in [5, 5.41) is 0. The second-order valence-corrected chi connectivity index (χ2v) is 6.44. The van der Waals surface area contributed by atoms with Gasteiger partial charge in [0.15, 0.2) is 0 Å². The van der Waals surface area contributed by atoms with Crippen molar-refractivity contribution < 1.29 is 4.74 Å². The van der Waals surface area contributed by atoms with Crippen LogP contribution >= 0.6 is 15.9 Å². The molecule has 3 nitrogen and oxygen atoms in total. The van der Waals surface area contributed by atoms with Crippen molar-refractivity contribution in [2.24, 2.45) is 0 Å². The Bertz CT molecular complexity index is 450. The van der Waals surface area contributed by atoms with E-state index in [4.69, 9.17) is 10.5 Å². The number of anilines is 1. The van der Waals surface area contributed by atoms with Crippen LogP contribution in [0.4, 0.5) is 5.69 Å². The molecule has 2 atom stereocenters. The van der Waals surface area contributed by atoms with Crippen molar-refractivity contribution in [1.82, 2.24) is 4.90 Å². The summed E-state index contributed by atoms with van der Waals surface area (Å²) in [6.45, 7) is 2.92. The van der Waals surface area contributed by atoms with E-state index >= 15 is 0 Å². The number of ether oxygens (including phenoxy) is 1. The van der Waals surface area contributed by atoms with Crippen LogP contribution in [0.3, 0.4) is 0 Å². The van der Waals surface area contributed by atoms with Crippen LogP contribution in [0.5, 0.6) is 0 Å². The van der Waals surface area contributed by atoms with Crippen LogP contribution in [-0.4, -0.2) is 30.2 Å². The fourth-order valence-electron chi connectivity index (χ4n) is 3.28. The number of nitrogens with zero attached hydrogens (tertiary/aromatic N) is 1. The number of rotatable bonds is 2. The van der Waals surface area contributed by atoms with E-state index in [2.05, 4.69) is 33.0 Å². The summed E-state index contributed by atoms with van der Waals surface area (Å²) < 4.78 is 6.92. The van der Waals surface area contributed by atoms with E-state index in [-0.39, 0.29) is 0 Å². The Balaban J connectivity index is 1.72. The van der Waals surface area contributed by atoms with Gasteiger partial charge in [0.05, 0.1) is 12.7 Å². The number of hydrogen-bond donors (Lipinski definition) is 1. The molecule has 0 amide bonds. The van der Waals surface area contributed by atoms with Crippen LogP contribution in [0.25, 0.3) is 0 Å². The smallest absolute Gasteiger partial charge is 0.0731 e. The zero-order chi connectivity index (χ0) is 13.2. The molecule has 0 radical (unpaired) electrons. The Morgan fingerprint density at radius 2 is 2.16 bits per heavy atom. The maximum atomic E-state index is 5.92. The average Bonchev–Trinajstić information content (AvgIpc) is 2.43. The molecular formula is C15H21BrN2O. The van der Waals surface area contributed by atoms with Gasteiger partial charge in [-0.05, 0) is 46.5 Å². The van der Waals surface area contributed by atoms with Crippen LogP contribution in [0.2, 0.25) is 0 Å². The summed E-state index contributed by atoms with van der Waals surface area (Å²) in [6, 6.07) is 6.87. The van der Waals surface area contributed by atoms with E-state index in [1.807, 2.05) is 6.07 Å². The largest absolute Gasteiger partial charge is 0.398 e. The number of fused-ring (bicyclic) bond motifs is 1. The van der Waals surface area contributed by atoms with E-state index < -0.39 is 0 Å². The SMILES string of the molecule is Nc1ccc(CN2CCOC3CCCCC32)cc1Br. The van der Waals surface area contributed by atoms with Gasteiger partial charge in [-0.25, -0.2) is 0 Å². The summed E-state index contributed by atoms with van der Waals surface area (Å²) in [5.41, 5.74) is 7.98. The van der Waals surface area contributed by atoms with E-state index in [9.17, 15) is 0 Å². The first kappa shape index (κ1) is 13.4. The summed E-state index contributed by atoms with van der Waals surface area (Å²) in [7, 11) is 0. The van der Waals surface area contributed by atoms with Crippen LogP contribution in [0.1, 0.15) is 31.2 Å². The number of nitrogens with two attached hydrogens (primary N) is 1. The Hall–Kier alpha value is -0.580. The highest BCUT2D eigenvalue weighted by Gasteiger charge is 2.33. The first-order chi connectivity index (χ1) is 9.24. The molecule has 104 valence electrons. The molecule has 19 heavy (non-hydrogen) atoms. The third kappa shape index (κ3) is 2.96. The lowest BCUT2D eigenvalue weighted by molar-refractivity contribution is -0.0911. The predicted octanol–water partition coefficient (Wildman–Crippen LogP) is 3.17. The lowest BCUT2D eigenvalue weighted by Crippen LogP contribution is -2.52. The average molecular weight is 325 g/mol. The molecule has 0 bridgehead atoms. The molecule has 1 aromatic rings. The van der Waals surface area contributed by atoms with Crippen LogP contribution in [0.15, 0.2) is 22.7 Å². The topological polar surface area (TPSA) is 38.5 Å². The molecule has 2 unspecified atom stereocenters. The summed E-state index contributed by atoms with van der Waals surface area (Å²) in [6.07, 6.45) is 5.63. The van der Waals surface area contributed by atoms with Crippen molar-refractivity contribution in [2.45, 2.75) is 44.4 Å². The van der Waals surface area contributed by atoms with Gasteiger partial charge in [0.25, 0.3) is 0 Å². The minimum Gasteiger partial charge on any atom is -0.398 e. The fraction of sp³-hybridized carbons (Fsp3) is 0.600. The van der Waals surface area contributed by atoms with Gasteiger partial charge in [-0.15, -0.1) is 0 Å². The van der Waals surface area contributed by atoms with Crippen LogP contribution in [-0.2, 0) is 11.3 Å². The van der Waals surface area contributed by atoms with Crippen molar-refractivity contribution in [3.63, 3.8) is 0 Å². The zero-order valence-electron chi connectivity index (χ0n) is 11.1. The molecule has 1 aliphatic carbocycles. The van der Waals surface area contributed by atoms with E-state index in [0.29, 0.717) is 12.1 Å². The van der Waals surface area contributed by atoms with Gasteiger partial charge in [-0.2, -0.15) is 0 Å². The second kappa shape index (κ2) is 5.81. The molecule has 1 aromatic carbocycles. The van der Waals surface area contributed by atoms with E-state index in [1.54, 1.807) is 0 Å². The Kier molecular flexibility index (Phi) is 4.10. The van der Waals surface area contributed by atoms with Crippen molar-refractivity contribution in [2.75, 3.05) is 18.9 Å². The van der Waals surface area contributed by atoms with E-state index in [1.165, 1.54) is 31.2 Å². The highest BCUT2D eigenvalue weighted by Crippen LogP contribution is 2.30. The molecule has 0 spiro atoms. The molecule has 1 saturated carbocycles. The van der Waals surface area contributed by atoms with Gasteiger partial charge in [0.2, 0.25) is 0 Å². The Labute approximate surface area is 123 Å². The maximum Gasteiger partial charge on any atom is 0.0731 e. The predicted molar refractivity (Wildman–Crippen MR) is 81.0 cm³/mol. The van der Waals surface area contributed by atoms with Gasteiger partial charge in [0, 0.05) is 29.3 Å². The standard InChI is InChI=1S/C15H21BrN2O/c16-12-9-11(5-6-13(12)17)10-18-7-8-19-15-4-2-1-3-14(15)18/h5-6,9,14-15H,1-4,7-8,10,17H2. The van der Waals surface area contributed by atoms with E-state index in [0.717, 1.165) is 29.9 Å². The van der Waals surface area contributed by atoms with Gasteiger partial charge >= 0.3 is 0 Å². The molecule has 1 saturated heterocycles. The number of halogens is 1. The van der Waals surface area contributed by atoms with Gasteiger partial charge in [-0.1, -0.05) is 18.9 Å². The van der Waals surface area contributed by atoms with Crippen molar-refractivity contribution in [1.29, 1.82) is 0 Å². The monoisotopic (exact) mass is 324 g/mol. The molecule has 1 aliphatic heterocycles. The summed E-state index contributed by atoms with van der Waals surface area (Å²) in [5.74, 6) is 0. The first-order valence-corrected chi connectivity index (χ1v) is 7.93. The van der Waals surface area contributed by atoms with Crippen molar-refractivity contribution >= 4 is 21.6 Å². The number of hydrogen-bond acceptors (Lipinski definition) is 3. The molecule has 0 aromatic heterocycles. The highest BCUT2D eigenvalue weighted by atomic mass is 79.9. The lowest BCUT2D eigenvalue weighted by Gasteiger charge is -2.43. The maximum absolute atomic E-state index is 5.92. The van der Waals surface area contributed by atoms with Crippen molar-refractivity contribution in [3.8, 4) is 0 Å². The molecule has 2 aliphatic rings. The highest BCUT2D eigenvalue weighted by molar-refractivity contribution is 9.10. The zero-order valence-corrected chi connectivity index (χ0v) is 12.7. The summed E-state index contributed by atoms with van der Waals surface area (Å²) in [4.78, 5) is 2.59. The van der Waals surface area contributed by atoms with Gasteiger partial charge < -0.3 is 10.5 Å². The fourth-order valence-corrected chi connectivity index (χ4v) is 3.70. The molecule has 3 rings (SSSR count). The lowest BCUT2D eigenvalue weighted by atomic mass is 9.90. The molecule has 1 heterocycles. The third-order valence-corrected chi connectivity index (χ3v) is 4.98. The Morgan fingerprint density at radius 3 is 3.00 bits per heavy atom. The third-order valence-electron chi connectivity index (χ3n) is 4.30. The number of benzene rings is 1. The number of nitrogen functional groups attached to an aromatic ring is 1. The van der Waals surface area contributed by atoms with Gasteiger partial charge in [-0.3, -0.25) is 4.90 Å². The minimum atomic E-state index is 0.458. The van der Waals surface area contributed by atoms with Crippen LogP contribution in [0, 0.1) is 0 Å². The normalized spacial score (nSPS) is 28.1. The quantitative estimate of drug-likeness (QED) is 0.849. The first-order valence-electron chi connectivity index (χ1n) is 7.13. The number of morpholine rings is 1. The molecule has 2 fully saturated rings. The summed E-state index contributed by atoms with van der Waals surface area (Å²) >= 11 is 3.51. The molecule has 4 heteroatoms. The van der Waals surface area contributed by atoms with Gasteiger partial charge in [0.1, 0.15) is 0 Å². The van der Waals surface area contributed by atoms with Crippen LogP contribution < -0.4 is 5.73 Å².